The van der Waals surface area contributed by atoms with Gasteiger partial charge in [-0.1, -0.05) is 36.8 Å². The van der Waals surface area contributed by atoms with Gasteiger partial charge in [0.05, 0.1) is 6.04 Å². The van der Waals surface area contributed by atoms with E-state index in [2.05, 4.69) is 70.2 Å². The van der Waals surface area contributed by atoms with Crippen molar-refractivity contribution in [1.29, 1.82) is 0 Å². The van der Waals surface area contributed by atoms with E-state index in [9.17, 15) is 0 Å². The third kappa shape index (κ3) is 3.93. The number of fused-ring (bicyclic) bond motifs is 1. The third-order valence-electron chi connectivity index (χ3n) is 6.87. The van der Waals surface area contributed by atoms with Crippen molar-refractivity contribution in [2.24, 2.45) is 0 Å². The number of piperidine rings is 2. The second kappa shape index (κ2) is 8.23. The van der Waals surface area contributed by atoms with Crippen LogP contribution in [-0.4, -0.2) is 29.5 Å². The number of para-hydroxylation sites is 1. The summed E-state index contributed by atoms with van der Waals surface area (Å²) >= 11 is 0. The molecule has 1 aromatic heterocycles. The average Bonchev–Trinajstić information content (AvgIpc) is 3.19. The number of benzene rings is 2. The summed E-state index contributed by atoms with van der Waals surface area (Å²) in [6.07, 6.45) is 7.93. The van der Waals surface area contributed by atoms with Gasteiger partial charge in [0.15, 0.2) is 0 Å². The maximum atomic E-state index is 3.70. The smallest absolute Gasteiger partial charge is 0.0502 e. The van der Waals surface area contributed by atoms with Gasteiger partial charge in [0.1, 0.15) is 0 Å². The third-order valence-corrected chi connectivity index (χ3v) is 6.87. The molecule has 3 nitrogen and oxygen atoms in total. The van der Waals surface area contributed by atoms with Crippen LogP contribution in [-0.2, 0) is 6.54 Å². The van der Waals surface area contributed by atoms with E-state index in [1.165, 1.54) is 91.6 Å². The highest BCUT2D eigenvalue weighted by Gasteiger charge is 2.25. The molecule has 0 radical (unpaired) electrons. The van der Waals surface area contributed by atoms with E-state index in [0.717, 1.165) is 6.54 Å². The molecule has 2 saturated heterocycles. The molecule has 1 N–H and O–H groups in total. The van der Waals surface area contributed by atoms with E-state index in [-0.39, 0.29) is 0 Å². The molecule has 5 rings (SSSR count). The number of aryl methyl sites for hydroxylation is 1. The average molecular weight is 388 g/mol. The quantitative estimate of drug-likeness (QED) is 0.576. The minimum atomic E-state index is 0.498. The fourth-order valence-corrected chi connectivity index (χ4v) is 5.35. The summed E-state index contributed by atoms with van der Waals surface area (Å²) in [4.78, 5) is 8.96. The normalized spacial score (nSPS) is 21.0. The summed E-state index contributed by atoms with van der Waals surface area (Å²) in [5, 5.41) is 1.33. The van der Waals surface area contributed by atoms with Crippen LogP contribution in [0.2, 0.25) is 0 Å². The predicted molar refractivity (Wildman–Crippen MR) is 123 cm³/mol. The van der Waals surface area contributed by atoms with Crippen molar-refractivity contribution in [3.8, 4) is 0 Å². The first kappa shape index (κ1) is 18.7. The van der Waals surface area contributed by atoms with Gasteiger partial charge in [0.25, 0.3) is 0 Å². The van der Waals surface area contributed by atoms with E-state index in [1.54, 1.807) is 0 Å². The van der Waals surface area contributed by atoms with Gasteiger partial charge in [0, 0.05) is 36.5 Å². The zero-order valence-electron chi connectivity index (χ0n) is 17.7. The van der Waals surface area contributed by atoms with Crippen LogP contribution in [0.4, 0.5) is 5.69 Å². The number of nitrogens with one attached hydrogen (secondary N) is 1. The number of aromatic nitrogens is 1. The highest BCUT2D eigenvalue weighted by atomic mass is 15.2. The summed E-state index contributed by atoms with van der Waals surface area (Å²) in [6, 6.07) is 18.7. The van der Waals surface area contributed by atoms with Crippen LogP contribution in [0.5, 0.6) is 0 Å². The Morgan fingerprint density at radius 2 is 1.72 bits per heavy atom. The molecule has 0 saturated carbocycles. The number of rotatable bonds is 4. The second-order valence-corrected chi connectivity index (χ2v) is 8.96. The van der Waals surface area contributed by atoms with E-state index in [4.69, 9.17) is 0 Å². The molecule has 0 amide bonds. The first-order chi connectivity index (χ1) is 14.3. The molecule has 3 heterocycles. The topological polar surface area (TPSA) is 22.3 Å². The number of H-pyrrole nitrogens is 1. The van der Waals surface area contributed by atoms with Crippen molar-refractivity contribution >= 4 is 16.6 Å². The van der Waals surface area contributed by atoms with E-state index in [0.29, 0.717) is 6.04 Å². The lowest BCUT2D eigenvalue weighted by Crippen LogP contribution is -2.33. The van der Waals surface area contributed by atoms with E-state index >= 15 is 0 Å². The Morgan fingerprint density at radius 1 is 0.897 bits per heavy atom. The fraction of sp³-hybridized carbons (Fsp3) is 0.462. The summed E-state index contributed by atoms with van der Waals surface area (Å²) in [7, 11) is 0. The lowest BCUT2D eigenvalue weighted by atomic mass is 9.98. The number of hydrogen-bond donors (Lipinski definition) is 1. The molecule has 29 heavy (non-hydrogen) atoms. The van der Waals surface area contributed by atoms with Gasteiger partial charge in [-0.2, -0.15) is 0 Å². The summed E-state index contributed by atoms with van der Waals surface area (Å²) in [5.41, 5.74) is 6.97. The molecular weight excluding hydrogens is 354 g/mol. The number of likely N-dealkylation sites (tertiary alicyclic amines) is 1. The lowest BCUT2D eigenvalue weighted by molar-refractivity contribution is 0.138. The van der Waals surface area contributed by atoms with Gasteiger partial charge in [-0.25, -0.2) is 0 Å². The number of hydrogen-bond acceptors (Lipinski definition) is 2. The molecule has 1 unspecified atom stereocenters. The van der Waals surface area contributed by atoms with Crippen LogP contribution in [0.25, 0.3) is 10.9 Å². The van der Waals surface area contributed by atoms with Crippen LogP contribution < -0.4 is 4.90 Å². The van der Waals surface area contributed by atoms with Gasteiger partial charge in [0.2, 0.25) is 0 Å². The molecule has 2 fully saturated rings. The van der Waals surface area contributed by atoms with Crippen molar-refractivity contribution < 1.29 is 0 Å². The Hall–Kier alpha value is -2.26. The monoisotopic (exact) mass is 387 g/mol. The first-order valence-corrected chi connectivity index (χ1v) is 11.4. The van der Waals surface area contributed by atoms with Gasteiger partial charge in [-0.05, 0) is 80.3 Å². The molecule has 3 heteroatoms. The largest absolute Gasteiger partial charge is 0.371 e. The van der Waals surface area contributed by atoms with Crippen molar-refractivity contribution in [3.63, 3.8) is 0 Å². The maximum Gasteiger partial charge on any atom is 0.0502 e. The van der Waals surface area contributed by atoms with Gasteiger partial charge < -0.3 is 9.88 Å². The molecule has 2 aliphatic heterocycles. The Morgan fingerprint density at radius 3 is 2.55 bits per heavy atom. The molecule has 0 spiro atoms. The second-order valence-electron chi connectivity index (χ2n) is 8.96. The summed E-state index contributed by atoms with van der Waals surface area (Å²) in [6.45, 7) is 6.95. The standard InChI is InChI=1S/C26H33N3/c1-20-17-21(12-13-25(20)28-14-6-2-7-15-28)19-29-16-8-5-11-26(29)24-18-22-9-3-4-10-23(22)27-24/h3-4,9-10,12-13,17-18,26-27H,2,5-8,11,14-16,19H2,1H3. The van der Waals surface area contributed by atoms with Crippen LogP contribution in [0.1, 0.15) is 61.4 Å². The molecule has 0 aliphatic carbocycles. The molecule has 0 bridgehead atoms. The van der Waals surface area contributed by atoms with Crippen molar-refractivity contribution in [2.45, 2.75) is 58.0 Å². The van der Waals surface area contributed by atoms with Crippen LogP contribution >= 0.6 is 0 Å². The van der Waals surface area contributed by atoms with Gasteiger partial charge in [-0.3, -0.25) is 4.90 Å². The van der Waals surface area contributed by atoms with Gasteiger partial charge in [-0.15, -0.1) is 0 Å². The molecular formula is C26H33N3. The van der Waals surface area contributed by atoms with Crippen LogP contribution in [0.3, 0.4) is 0 Å². The maximum absolute atomic E-state index is 3.70. The highest BCUT2D eigenvalue weighted by molar-refractivity contribution is 5.80. The minimum absolute atomic E-state index is 0.498. The Balaban J connectivity index is 1.35. The van der Waals surface area contributed by atoms with Crippen molar-refractivity contribution in [2.75, 3.05) is 24.5 Å². The van der Waals surface area contributed by atoms with Crippen molar-refractivity contribution in [1.82, 2.24) is 9.88 Å². The zero-order valence-corrected chi connectivity index (χ0v) is 17.7. The number of nitrogens with zero attached hydrogens (tertiary/aromatic N) is 2. The number of aromatic amines is 1. The van der Waals surface area contributed by atoms with E-state index in [1.807, 2.05) is 0 Å². The summed E-state index contributed by atoms with van der Waals surface area (Å²) in [5.74, 6) is 0. The van der Waals surface area contributed by atoms with E-state index < -0.39 is 0 Å². The van der Waals surface area contributed by atoms with Crippen LogP contribution in [0.15, 0.2) is 48.5 Å². The first-order valence-electron chi connectivity index (χ1n) is 11.4. The Labute approximate surface area is 174 Å². The minimum Gasteiger partial charge on any atom is -0.371 e. The van der Waals surface area contributed by atoms with Gasteiger partial charge >= 0.3 is 0 Å². The SMILES string of the molecule is Cc1cc(CN2CCCCC2c2cc3ccccc3[nH]2)ccc1N1CCCCC1. The van der Waals surface area contributed by atoms with Crippen LogP contribution in [0, 0.1) is 6.92 Å². The number of anilines is 1. The Bertz CT molecular complexity index is 934. The van der Waals surface area contributed by atoms with Crippen molar-refractivity contribution in [3.05, 3.63) is 65.4 Å². The lowest BCUT2D eigenvalue weighted by Gasteiger charge is -2.35. The summed E-state index contributed by atoms with van der Waals surface area (Å²) < 4.78 is 0. The molecule has 2 aromatic carbocycles. The fourth-order valence-electron chi connectivity index (χ4n) is 5.35. The highest BCUT2D eigenvalue weighted by Crippen LogP contribution is 2.34. The molecule has 2 aliphatic rings. The molecule has 1 atom stereocenters. The molecule has 152 valence electrons. The predicted octanol–water partition coefficient (Wildman–Crippen LogP) is 6.19. The molecule has 3 aromatic rings. The zero-order chi connectivity index (χ0) is 19.6. The Kier molecular flexibility index (Phi) is 5.32.